The number of hydrogen-bond donors (Lipinski definition) is 4. The average Bonchev–Trinajstić information content (AvgIpc) is 3.39. The van der Waals surface area contributed by atoms with Gasteiger partial charge in [0.1, 0.15) is 0 Å². The molecule has 2 fully saturated rings. The molecule has 2 aliphatic rings. The molecule has 2 amide bonds. The van der Waals surface area contributed by atoms with E-state index in [1.54, 1.807) is 0 Å². The fourth-order valence-corrected chi connectivity index (χ4v) is 2.59. The summed E-state index contributed by atoms with van der Waals surface area (Å²) in [6, 6.07) is 0.149. The summed E-state index contributed by atoms with van der Waals surface area (Å²) in [4.78, 5) is 23.2. The molecule has 0 heterocycles. The molecular formula is C15H24N4O2S2. The van der Waals surface area contributed by atoms with Gasteiger partial charge >= 0.3 is 0 Å². The van der Waals surface area contributed by atoms with E-state index in [9.17, 15) is 9.59 Å². The Hall–Kier alpha value is -1.28. The van der Waals surface area contributed by atoms with E-state index >= 15 is 0 Å². The molecule has 0 spiro atoms. The molecule has 0 saturated heterocycles. The molecule has 128 valence electrons. The molecule has 23 heavy (non-hydrogen) atoms. The zero-order valence-corrected chi connectivity index (χ0v) is 14.9. The predicted molar refractivity (Wildman–Crippen MR) is 96.8 cm³/mol. The van der Waals surface area contributed by atoms with Crippen molar-refractivity contribution in [2.24, 2.45) is 11.8 Å². The zero-order valence-electron chi connectivity index (χ0n) is 13.3. The van der Waals surface area contributed by atoms with E-state index in [-0.39, 0.29) is 29.7 Å². The van der Waals surface area contributed by atoms with E-state index in [4.69, 9.17) is 24.4 Å². The molecule has 8 heteroatoms. The van der Waals surface area contributed by atoms with Crippen LogP contribution in [-0.2, 0) is 9.59 Å². The van der Waals surface area contributed by atoms with Crippen molar-refractivity contribution in [3.8, 4) is 0 Å². The highest BCUT2D eigenvalue weighted by Gasteiger charge is 2.30. The smallest absolute Gasteiger partial charge is 0.229 e. The van der Waals surface area contributed by atoms with Crippen molar-refractivity contribution in [3.05, 3.63) is 0 Å². The van der Waals surface area contributed by atoms with Gasteiger partial charge in [0.05, 0.1) is 0 Å². The van der Waals surface area contributed by atoms with Crippen LogP contribution >= 0.6 is 24.4 Å². The molecule has 2 saturated carbocycles. The minimum atomic E-state index is 0.0108. The number of thiocarbonyl (C=S) groups is 2. The highest BCUT2D eigenvalue weighted by Crippen LogP contribution is 2.29. The monoisotopic (exact) mass is 356 g/mol. The number of hydrogen-bond acceptors (Lipinski definition) is 4. The molecule has 0 unspecified atom stereocenters. The molecule has 0 radical (unpaired) electrons. The fourth-order valence-electron chi connectivity index (χ4n) is 2.12. The third-order valence-electron chi connectivity index (χ3n) is 3.98. The molecule has 0 aromatic carbocycles. The second kappa shape index (κ2) is 8.54. The summed E-state index contributed by atoms with van der Waals surface area (Å²) in [5.41, 5.74) is 0. The predicted octanol–water partition coefficient (Wildman–Crippen LogP) is 0.956. The molecule has 6 nitrogen and oxygen atoms in total. The molecule has 1 atom stereocenters. The number of carbonyl (C=O) groups excluding carboxylic acids is 2. The van der Waals surface area contributed by atoms with Gasteiger partial charge in [-0.05, 0) is 63.0 Å². The van der Waals surface area contributed by atoms with Crippen LogP contribution in [0.2, 0.25) is 0 Å². The Morgan fingerprint density at radius 3 is 2.00 bits per heavy atom. The second-order valence-corrected chi connectivity index (χ2v) is 6.97. The highest BCUT2D eigenvalue weighted by atomic mass is 32.1. The van der Waals surface area contributed by atoms with E-state index < -0.39 is 0 Å². The summed E-state index contributed by atoms with van der Waals surface area (Å²) in [7, 11) is 0. The summed E-state index contributed by atoms with van der Waals surface area (Å²) >= 11 is 10.3. The maximum atomic E-state index is 11.6. The SMILES string of the molecule is CC[C@H](CCNC(=S)NC(=O)C1CC1)NC(=S)NC(=O)C1CC1. The molecule has 4 N–H and O–H groups in total. The largest absolute Gasteiger partial charge is 0.362 e. The molecule has 2 aliphatic carbocycles. The van der Waals surface area contributed by atoms with Crippen molar-refractivity contribution >= 4 is 46.5 Å². The van der Waals surface area contributed by atoms with Gasteiger partial charge in [-0.25, -0.2) is 0 Å². The van der Waals surface area contributed by atoms with Crippen LogP contribution in [0.5, 0.6) is 0 Å². The first kappa shape index (κ1) is 18.1. The van der Waals surface area contributed by atoms with Crippen molar-refractivity contribution in [2.75, 3.05) is 6.54 Å². The lowest BCUT2D eigenvalue weighted by atomic mass is 10.1. The van der Waals surface area contributed by atoms with Crippen LogP contribution in [0.1, 0.15) is 45.4 Å². The van der Waals surface area contributed by atoms with Crippen LogP contribution in [0.3, 0.4) is 0 Å². The van der Waals surface area contributed by atoms with E-state index in [0.29, 0.717) is 16.8 Å². The van der Waals surface area contributed by atoms with Crippen molar-refractivity contribution in [1.29, 1.82) is 0 Å². The standard InChI is InChI=1S/C15H24N4O2S2/c1-2-11(17-15(23)19-13(21)10-5-6-10)7-8-16-14(22)18-12(20)9-3-4-9/h9-11H,2-8H2,1H3,(H2,16,18,20,22)(H2,17,19,21,23)/t11-/m1/s1. The van der Waals surface area contributed by atoms with E-state index in [1.807, 2.05) is 0 Å². The van der Waals surface area contributed by atoms with Gasteiger partial charge in [0, 0.05) is 24.4 Å². The van der Waals surface area contributed by atoms with Gasteiger partial charge < -0.3 is 21.3 Å². The first-order valence-corrected chi connectivity index (χ1v) is 9.01. The van der Waals surface area contributed by atoms with Gasteiger partial charge in [-0.15, -0.1) is 0 Å². The summed E-state index contributed by atoms with van der Waals surface area (Å²) in [6.45, 7) is 2.69. The van der Waals surface area contributed by atoms with Crippen molar-refractivity contribution < 1.29 is 9.59 Å². The van der Waals surface area contributed by atoms with Gasteiger partial charge in [0.2, 0.25) is 11.8 Å². The van der Waals surface area contributed by atoms with Gasteiger partial charge in [-0.2, -0.15) is 0 Å². The van der Waals surface area contributed by atoms with Crippen molar-refractivity contribution in [3.63, 3.8) is 0 Å². The number of carbonyl (C=O) groups is 2. The molecule has 0 aromatic rings. The van der Waals surface area contributed by atoms with Crippen molar-refractivity contribution in [2.45, 2.75) is 51.5 Å². The fraction of sp³-hybridized carbons (Fsp3) is 0.733. The normalized spacial score (nSPS) is 17.8. The van der Waals surface area contributed by atoms with Crippen LogP contribution in [0.15, 0.2) is 0 Å². The molecule has 2 rings (SSSR count). The minimum Gasteiger partial charge on any atom is -0.362 e. The van der Waals surface area contributed by atoms with Gasteiger partial charge in [0.25, 0.3) is 0 Å². The summed E-state index contributed by atoms with van der Waals surface area (Å²) in [5, 5.41) is 12.4. The molecule has 0 aliphatic heterocycles. The second-order valence-electron chi connectivity index (χ2n) is 6.15. The Bertz CT molecular complexity index is 490. The molecule has 0 bridgehead atoms. The van der Waals surface area contributed by atoms with Gasteiger partial charge in [-0.3, -0.25) is 9.59 Å². The summed E-state index contributed by atoms with van der Waals surface area (Å²) < 4.78 is 0. The number of nitrogens with one attached hydrogen (secondary N) is 4. The molecule has 0 aromatic heterocycles. The van der Waals surface area contributed by atoms with Crippen LogP contribution in [-0.4, -0.2) is 34.6 Å². The third-order valence-corrected chi connectivity index (χ3v) is 4.44. The quantitative estimate of drug-likeness (QED) is 0.509. The minimum absolute atomic E-state index is 0.0108. The van der Waals surface area contributed by atoms with Crippen LogP contribution in [0.25, 0.3) is 0 Å². The first-order valence-electron chi connectivity index (χ1n) is 8.19. The maximum absolute atomic E-state index is 11.6. The number of rotatable bonds is 7. The van der Waals surface area contributed by atoms with E-state index in [2.05, 4.69) is 28.2 Å². The Kier molecular flexibility index (Phi) is 6.71. The lowest BCUT2D eigenvalue weighted by Gasteiger charge is -2.19. The van der Waals surface area contributed by atoms with E-state index in [1.165, 1.54) is 0 Å². The summed E-state index contributed by atoms with van der Waals surface area (Å²) in [6.07, 6.45) is 5.50. The maximum Gasteiger partial charge on any atom is 0.229 e. The summed E-state index contributed by atoms with van der Waals surface area (Å²) in [5.74, 6) is 0.312. The number of amides is 2. The van der Waals surface area contributed by atoms with Crippen LogP contribution < -0.4 is 21.3 Å². The Balaban J connectivity index is 1.59. The first-order chi connectivity index (χ1) is 11.0. The van der Waals surface area contributed by atoms with E-state index in [0.717, 1.165) is 38.5 Å². The van der Waals surface area contributed by atoms with Crippen LogP contribution in [0.4, 0.5) is 0 Å². The van der Waals surface area contributed by atoms with Crippen molar-refractivity contribution in [1.82, 2.24) is 21.3 Å². The Labute approximate surface area is 147 Å². The lowest BCUT2D eigenvalue weighted by molar-refractivity contribution is -0.121. The topological polar surface area (TPSA) is 82.3 Å². The van der Waals surface area contributed by atoms with Crippen LogP contribution in [0, 0.1) is 11.8 Å². The Morgan fingerprint density at radius 2 is 1.52 bits per heavy atom. The Morgan fingerprint density at radius 1 is 1.00 bits per heavy atom. The molecular weight excluding hydrogens is 332 g/mol. The highest BCUT2D eigenvalue weighted by molar-refractivity contribution is 7.80. The van der Waals surface area contributed by atoms with Gasteiger partial charge in [-0.1, -0.05) is 6.92 Å². The van der Waals surface area contributed by atoms with Gasteiger partial charge in [0.15, 0.2) is 10.2 Å². The lowest BCUT2D eigenvalue weighted by Crippen LogP contribution is -2.46. The zero-order chi connectivity index (χ0) is 16.8. The third kappa shape index (κ3) is 6.78. The average molecular weight is 357 g/mol.